The molecule has 0 bridgehead atoms. The Bertz CT molecular complexity index is 1220. The van der Waals surface area contributed by atoms with E-state index in [0.717, 1.165) is 46.2 Å². The van der Waals surface area contributed by atoms with Crippen LogP contribution in [0.15, 0.2) is 88.8 Å². The summed E-state index contributed by atoms with van der Waals surface area (Å²) < 4.78 is 0. The molecule has 0 unspecified atom stereocenters. The van der Waals surface area contributed by atoms with Crippen molar-refractivity contribution >= 4 is 29.0 Å². The van der Waals surface area contributed by atoms with Crippen LogP contribution in [-0.2, 0) is 0 Å². The molecule has 0 saturated heterocycles. The van der Waals surface area contributed by atoms with Crippen LogP contribution in [-0.4, -0.2) is 36.3 Å². The maximum absolute atomic E-state index is 12.9. The molecule has 0 aromatic heterocycles. The summed E-state index contributed by atoms with van der Waals surface area (Å²) in [6, 6.07) is 25.8. The lowest BCUT2D eigenvalue weighted by molar-refractivity contribution is 0.251. The van der Waals surface area contributed by atoms with Gasteiger partial charge >= 0.3 is 6.03 Å². The van der Waals surface area contributed by atoms with E-state index in [9.17, 15) is 4.79 Å². The number of nitrogens with one attached hydrogen (secondary N) is 2. The molecule has 0 spiro atoms. The van der Waals surface area contributed by atoms with Crippen molar-refractivity contribution in [2.24, 2.45) is 9.98 Å². The summed E-state index contributed by atoms with van der Waals surface area (Å²) in [4.78, 5) is 25.0. The van der Waals surface area contributed by atoms with Gasteiger partial charge in [0.15, 0.2) is 6.17 Å². The van der Waals surface area contributed by atoms with Crippen molar-refractivity contribution in [1.82, 2.24) is 5.32 Å². The van der Waals surface area contributed by atoms with Crippen LogP contribution in [0.25, 0.3) is 0 Å². The first-order valence-electron chi connectivity index (χ1n) is 10.8. The fraction of sp³-hybridized carbons (Fsp3) is 0.192. The van der Waals surface area contributed by atoms with E-state index in [-0.39, 0.29) is 12.1 Å². The molecule has 6 nitrogen and oxygen atoms in total. The van der Waals surface area contributed by atoms with Crippen molar-refractivity contribution in [2.45, 2.75) is 26.1 Å². The average Bonchev–Trinajstić information content (AvgIpc) is 3.13. The van der Waals surface area contributed by atoms with Crippen molar-refractivity contribution in [2.75, 3.05) is 16.8 Å². The predicted molar refractivity (Wildman–Crippen MR) is 130 cm³/mol. The van der Waals surface area contributed by atoms with E-state index in [1.165, 1.54) is 0 Å². The quantitative estimate of drug-likeness (QED) is 0.646. The molecule has 0 saturated carbocycles. The fourth-order valence-electron chi connectivity index (χ4n) is 4.24. The molecule has 2 aliphatic heterocycles. The van der Waals surface area contributed by atoms with E-state index in [1.54, 1.807) is 0 Å². The van der Waals surface area contributed by atoms with Crippen LogP contribution in [0.2, 0.25) is 0 Å². The number of aryl methyl sites for hydroxylation is 1. The number of hydrogen-bond acceptors (Lipinski definition) is 4. The van der Waals surface area contributed by atoms with Gasteiger partial charge in [-0.3, -0.25) is 9.98 Å². The van der Waals surface area contributed by atoms with Crippen LogP contribution in [0, 0.1) is 6.92 Å². The van der Waals surface area contributed by atoms with Gasteiger partial charge in [0.1, 0.15) is 5.84 Å². The number of nitrogens with zero attached hydrogens (tertiary/aromatic N) is 3. The van der Waals surface area contributed by atoms with E-state index in [2.05, 4.69) is 34.6 Å². The SMILES string of the molecule is Cc1cccc(NC(=O)N[C@@H]2N=C(c3ccccc3)c3ccccc3N3C[C@H](C)N=C23)c1. The van der Waals surface area contributed by atoms with E-state index in [0.29, 0.717) is 0 Å². The molecule has 0 fully saturated rings. The van der Waals surface area contributed by atoms with Gasteiger partial charge in [0.05, 0.1) is 17.4 Å². The molecule has 0 aliphatic carbocycles. The minimum Gasteiger partial charge on any atom is -0.324 e. The summed E-state index contributed by atoms with van der Waals surface area (Å²) in [6.07, 6.45) is -0.604. The van der Waals surface area contributed by atoms with Gasteiger partial charge in [0.2, 0.25) is 0 Å². The minimum absolute atomic E-state index is 0.121. The van der Waals surface area contributed by atoms with Crippen molar-refractivity contribution in [3.63, 3.8) is 0 Å². The molecule has 5 rings (SSSR count). The zero-order chi connectivity index (χ0) is 22.1. The van der Waals surface area contributed by atoms with Gasteiger partial charge in [-0.1, -0.05) is 60.7 Å². The summed E-state index contributed by atoms with van der Waals surface area (Å²) in [5, 5.41) is 5.97. The van der Waals surface area contributed by atoms with Crippen molar-refractivity contribution in [1.29, 1.82) is 0 Å². The lowest BCUT2D eigenvalue weighted by Crippen LogP contribution is -2.47. The minimum atomic E-state index is -0.604. The van der Waals surface area contributed by atoms with Gasteiger partial charge in [0.25, 0.3) is 0 Å². The molecule has 2 N–H and O–H groups in total. The summed E-state index contributed by atoms with van der Waals surface area (Å²) in [6.45, 7) is 4.83. The number of benzene rings is 3. The number of fused-ring (bicyclic) bond motifs is 3. The van der Waals surface area contributed by atoms with Crippen LogP contribution in [0.4, 0.5) is 16.2 Å². The van der Waals surface area contributed by atoms with Crippen LogP contribution >= 0.6 is 0 Å². The Morgan fingerprint density at radius 2 is 1.75 bits per heavy atom. The zero-order valence-electron chi connectivity index (χ0n) is 18.1. The van der Waals surface area contributed by atoms with Gasteiger partial charge in [0, 0.05) is 23.4 Å². The third-order valence-corrected chi connectivity index (χ3v) is 5.62. The number of carbonyl (C=O) groups is 1. The Labute approximate surface area is 187 Å². The molecule has 0 radical (unpaired) electrons. The first-order chi connectivity index (χ1) is 15.6. The van der Waals surface area contributed by atoms with Crippen LogP contribution in [0.1, 0.15) is 23.6 Å². The number of aliphatic imine (C=N–C) groups is 2. The number of hydrogen-bond donors (Lipinski definition) is 2. The molecule has 32 heavy (non-hydrogen) atoms. The summed E-state index contributed by atoms with van der Waals surface area (Å²) in [5.41, 5.74) is 5.75. The summed E-state index contributed by atoms with van der Waals surface area (Å²) in [5.74, 6) is 0.760. The second-order valence-corrected chi connectivity index (χ2v) is 8.18. The fourth-order valence-corrected chi connectivity index (χ4v) is 4.24. The second kappa shape index (κ2) is 8.30. The molecule has 2 aliphatic rings. The third-order valence-electron chi connectivity index (χ3n) is 5.62. The van der Waals surface area contributed by atoms with Crippen molar-refractivity contribution < 1.29 is 4.79 Å². The average molecular weight is 424 g/mol. The van der Waals surface area contributed by atoms with Crippen molar-refractivity contribution in [3.8, 4) is 0 Å². The van der Waals surface area contributed by atoms with Crippen LogP contribution < -0.4 is 15.5 Å². The van der Waals surface area contributed by atoms with E-state index in [1.807, 2.05) is 73.7 Å². The molecule has 6 heteroatoms. The highest BCUT2D eigenvalue weighted by Crippen LogP contribution is 2.31. The van der Waals surface area contributed by atoms with Crippen LogP contribution in [0.3, 0.4) is 0 Å². The maximum Gasteiger partial charge on any atom is 0.321 e. The molecular formula is C26H25N5O. The number of amides is 2. The number of para-hydroxylation sites is 1. The maximum atomic E-state index is 12.9. The van der Waals surface area contributed by atoms with Gasteiger partial charge in [-0.2, -0.15) is 0 Å². The Morgan fingerprint density at radius 1 is 0.969 bits per heavy atom. The van der Waals surface area contributed by atoms with Gasteiger partial charge < -0.3 is 15.5 Å². The molecule has 3 aromatic rings. The standard InChI is InChI=1S/C26H25N5O/c1-17-9-8-12-20(15-17)28-26(32)30-24-25-27-18(2)16-31(25)22-14-7-6-13-21(22)23(29-24)19-10-4-3-5-11-19/h3-15,18,24H,16H2,1-2H3,(H2,28,30,32)/t18-,24-/m0/s1. The van der Waals surface area contributed by atoms with Crippen molar-refractivity contribution in [3.05, 3.63) is 95.6 Å². The van der Waals surface area contributed by atoms with E-state index in [4.69, 9.17) is 9.98 Å². The summed E-state index contributed by atoms with van der Waals surface area (Å²) >= 11 is 0. The topological polar surface area (TPSA) is 69.1 Å². The molecule has 3 aromatic carbocycles. The molecule has 2 heterocycles. The van der Waals surface area contributed by atoms with E-state index >= 15 is 0 Å². The number of amidine groups is 1. The largest absolute Gasteiger partial charge is 0.324 e. The number of carbonyl (C=O) groups excluding carboxylic acids is 1. The second-order valence-electron chi connectivity index (χ2n) is 8.18. The predicted octanol–water partition coefficient (Wildman–Crippen LogP) is 4.60. The first-order valence-corrected chi connectivity index (χ1v) is 10.8. The Kier molecular flexibility index (Phi) is 5.19. The Balaban J connectivity index is 1.55. The van der Waals surface area contributed by atoms with Gasteiger partial charge in [-0.05, 0) is 37.6 Å². The molecule has 2 atom stereocenters. The Hall–Kier alpha value is -3.93. The highest BCUT2D eigenvalue weighted by molar-refractivity contribution is 6.21. The number of anilines is 2. The summed E-state index contributed by atoms with van der Waals surface area (Å²) in [7, 11) is 0. The smallest absolute Gasteiger partial charge is 0.321 e. The van der Waals surface area contributed by atoms with Crippen LogP contribution in [0.5, 0.6) is 0 Å². The number of rotatable bonds is 3. The molecule has 160 valence electrons. The number of urea groups is 1. The van der Waals surface area contributed by atoms with Gasteiger partial charge in [-0.25, -0.2) is 4.79 Å². The lowest BCUT2D eigenvalue weighted by atomic mass is 10.0. The first kappa shape index (κ1) is 20.0. The van der Waals surface area contributed by atoms with Gasteiger partial charge in [-0.15, -0.1) is 0 Å². The highest BCUT2D eigenvalue weighted by Gasteiger charge is 2.35. The monoisotopic (exact) mass is 423 g/mol. The highest BCUT2D eigenvalue weighted by atomic mass is 16.2. The zero-order valence-corrected chi connectivity index (χ0v) is 18.1. The third kappa shape index (κ3) is 3.87. The lowest BCUT2D eigenvalue weighted by Gasteiger charge is -2.24. The molecular weight excluding hydrogens is 398 g/mol. The van der Waals surface area contributed by atoms with E-state index < -0.39 is 6.17 Å². The Morgan fingerprint density at radius 3 is 2.56 bits per heavy atom. The molecule has 2 amide bonds. The normalized spacial score (nSPS) is 19.2.